The first kappa shape index (κ1) is 15.0. The minimum Gasteiger partial charge on any atom is -0.393 e. The fourth-order valence-electron chi connectivity index (χ4n) is 1.73. The van der Waals surface area contributed by atoms with E-state index in [1.165, 1.54) is 10.8 Å². The molecule has 0 aliphatic rings. The number of hydrogen-bond donors (Lipinski definition) is 2. The third-order valence-corrected chi connectivity index (χ3v) is 2.48. The van der Waals surface area contributed by atoms with E-state index in [-0.39, 0.29) is 24.2 Å². The maximum absolute atomic E-state index is 12.0. The van der Waals surface area contributed by atoms with Crippen LogP contribution in [0.2, 0.25) is 0 Å². The van der Waals surface area contributed by atoms with Crippen LogP contribution in [-0.2, 0) is 17.9 Å². The predicted octanol–water partition coefficient (Wildman–Crippen LogP) is -0.473. The van der Waals surface area contributed by atoms with Gasteiger partial charge in [0, 0.05) is 18.8 Å². The fourth-order valence-corrected chi connectivity index (χ4v) is 1.73. The third kappa shape index (κ3) is 3.70. The largest absolute Gasteiger partial charge is 0.393 e. The molecule has 1 heterocycles. The lowest BCUT2D eigenvalue weighted by atomic mass is 10.4. The molecule has 19 heavy (non-hydrogen) atoms. The standard InChI is InChI=1S/C12H20N4O3/c1-4-5-15-6-9(13)11(18)16(12(15)19)7-10(17)14-8(2)3/h6,8H,4-5,7,13H2,1-3H3,(H,14,17). The van der Waals surface area contributed by atoms with Crippen LogP contribution in [0.3, 0.4) is 0 Å². The van der Waals surface area contributed by atoms with Crippen molar-refractivity contribution in [2.24, 2.45) is 0 Å². The van der Waals surface area contributed by atoms with Gasteiger partial charge in [-0.15, -0.1) is 0 Å². The summed E-state index contributed by atoms with van der Waals surface area (Å²) in [6, 6.07) is -0.0536. The number of carbonyl (C=O) groups is 1. The van der Waals surface area contributed by atoms with Gasteiger partial charge in [-0.2, -0.15) is 0 Å². The molecule has 0 saturated carbocycles. The number of aromatic nitrogens is 2. The summed E-state index contributed by atoms with van der Waals surface area (Å²) in [6.07, 6.45) is 2.06. The predicted molar refractivity (Wildman–Crippen MR) is 72.9 cm³/mol. The Labute approximate surface area is 111 Å². The smallest absolute Gasteiger partial charge is 0.331 e. The Hall–Kier alpha value is -2.05. The van der Waals surface area contributed by atoms with Crippen molar-refractivity contribution in [2.75, 3.05) is 5.73 Å². The molecule has 1 aromatic heterocycles. The number of nitrogens with two attached hydrogens (primary N) is 1. The zero-order chi connectivity index (χ0) is 14.6. The molecule has 0 aliphatic heterocycles. The molecule has 7 nitrogen and oxygen atoms in total. The second-order valence-electron chi connectivity index (χ2n) is 4.67. The zero-order valence-electron chi connectivity index (χ0n) is 11.5. The van der Waals surface area contributed by atoms with Gasteiger partial charge in [-0.3, -0.25) is 14.2 Å². The second-order valence-corrected chi connectivity index (χ2v) is 4.67. The average molecular weight is 268 g/mol. The molecule has 0 bridgehead atoms. The highest BCUT2D eigenvalue weighted by Gasteiger charge is 2.13. The summed E-state index contributed by atoms with van der Waals surface area (Å²) >= 11 is 0. The van der Waals surface area contributed by atoms with Crippen molar-refractivity contribution in [3.05, 3.63) is 27.0 Å². The summed E-state index contributed by atoms with van der Waals surface area (Å²) in [5, 5.41) is 2.63. The van der Waals surface area contributed by atoms with Gasteiger partial charge >= 0.3 is 5.69 Å². The third-order valence-electron chi connectivity index (χ3n) is 2.48. The molecule has 0 radical (unpaired) electrons. The quantitative estimate of drug-likeness (QED) is 0.754. The number of nitrogen functional groups attached to an aromatic ring is 1. The van der Waals surface area contributed by atoms with Gasteiger partial charge in [0.05, 0.1) is 0 Å². The normalized spacial score (nSPS) is 10.7. The van der Waals surface area contributed by atoms with Crippen LogP contribution in [0.1, 0.15) is 27.2 Å². The maximum atomic E-state index is 12.0. The molecule has 0 spiro atoms. The second kappa shape index (κ2) is 6.21. The molecular weight excluding hydrogens is 248 g/mol. The highest BCUT2D eigenvalue weighted by molar-refractivity contribution is 5.76. The van der Waals surface area contributed by atoms with Crippen molar-refractivity contribution in [1.29, 1.82) is 0 Å². The van der Waals surface area contributed by atoms with Gasteiger partial charge in [-0.25, -0.2) is 9.36 Å². The van der Waals surface area contributed by atoms with E-state index in [9.17, 15) is 14.4 Å². The lowest BCUT2D eigenvalue weighted by molar-refractivity contribution is -0.122. The number of amides is 1. The molecule has 1 aromatic rings. The number of aryl methyl sites for hydroxylation is 1. The van der Waals surface area contributed by atoms with Crippen LogP contribution in [0.5, 0.6) is 0 Å². The molecule has 0 aliphatic carbocycles. The van der Waals surface area contributed by atoms with E-state index in [1.54, 1.807) is 13.8 Å². The average Bonchev–Trinajstić information content (AvgIpc) is 2.31. The summed E-state index contributed by atoms with van der Waals surface area (Å²) in [7, 11) is 0. The van der Waals surface area contributed by atoms with Crippen LogP contribution in [0.25, 0.3) is 0 Å². The minimum atomic E-state index is -0.628. The van der Waals surface area contributed by atoms with E-state index in [0.717, 1.165) is 11.0 Å². The van der Waals surface area contributed by atoms with Crippen LogP contribution in [0.4, 0.5) is 5.69 Å². The molecule has 1 amide bonds. The SMILES string of the molecule is CCCn1cc(N)c(=O)n(CC(=O)NC(C)C)c1=O. The van der Waals surface area contributed by atoms with E-state index in [2.05, 4.69) is 5.32 Å². The van der Waals surface area contributed by atoms with Gasteiger partial charge in [-0.1, -0.05) is 6.92 Å². The topological polar surface area (TPSA) is 99.1 Å². The number of nitrogens with zero attached hydrogens (tertiary/aromatic N) is 2. The number of carbonyl (C=O) groups excluding carboxylic acids is 1. The van der Waals surface area contributed by atoms with E-state index in [0.29, 0.717) is 6.54 Å². The molecule has 106 valence electrons. The first-order valence-electron chi connectivity index (χ1n) is 6.26. The number of nitrogens with one attached hydrogen (secondary N) is 1. The Kier molecular flexibility index (Phi) is 4.91. The summed E-state index contributed by atoms with van der Waals surface area (Å²) < 4.78 is 2.21. The maximum Gasteiger partial charge on any atom is 0.331 e. The van der Waals surface area contributed by atoms with Gasteiger partial charge in [0.25, 0.3) is 5.56 Å². The van der Waals surface area contributed by atoms with Gasteiger partial charge < -0.3 is 11.1 Å². The molecule has 0 atom stereocenters. The van der Waals surface area contributed by atoms with Gasteiger partial charge in [0.15, 0.2) is 0 Å². The Bertz CT molecular complexity index is 571. The lowest BCUT2D eigenvalue weighted by Gasteiger charge is -2.12. The molecule has 0 unspecified atom stereocenters. The first-order valence-corrected chi connectivity index (χ1v) is 6.26. The monoisotopic (exact) mass is 268 g/mol. The summed E-state index contributed by atoms with van der Waals surface area (Å²) in [4.78, 5) is 35.5. The van der Waals surface area contributed by atoms with Crippen molar-refractivity contribution in [1.82, 2.24) is 14.5 Å². The van der Waals surface area contributed by atoms with Crippen LogP contribution in [0, 0.1) is 0 Å². The highest BCUT2D eigenvalue weighted by Crippen LogP contribution is 1.92. The van der Waals surface area contributed by atoms with Crippen molar-refractivity contribution in [3.63, 3.8) is 0 Å². The van der Waals surface area contributed by atoms with E-state index in [1.807, 2.05) is 6.92 Å². The fraction of sp³-hybridized carbons (Fsp3) is 0.583. The highest BCUT2D eigenvalue weighted by atomic mass is 16.2. The van der Waals surface area contributed by atoms with E-state index < -0.39 is 11.2 Å². The van der Waals surface area contributed by atoms with E-state index in [4.69, 9.17) is 5.73 Å². The molecular formula is C12H20N4O3. The van der Waals surface area contributed by atoms with E-state index >= 15 is 0 Å². The van der Waals surface area contributed by atoms with Gasteiger partial charge in [0.1, 0.15) is 12.2 Å². The van der Waals surface area contributed by atoms with Crippen LogP contribution in [-0.4, -0.2) is 21.1 Å². The zero-order valence-corrected chi connectivity index (χ0v) is 11.5. The van der Waals surface area contributed by atoms with Crippen molar-refractivity contribution >= 4 is 11.6 Å². The molecule has 1 rings (SSSR count). The van der Waals surface area contributed by atoms with Crippen LogP contribution >= 0.6 is 0 Å². The summed E-state index contributed by atoms with van der Waals surface area (Å²) in [6.45, 7) is 5.65. The van der Waals surface area contributed by atoms with Gasteiger partial charge in [-0.05, 0) is 20.3 Å². The Balaban J connectivity index is 3.16. The number of anilines is 1. The molecule has 0 fully saturated rings. The minimum absolute atomic E-state index is 0.0367. The molecule has 3 N–H and O–H groups in total. The van der Waals surface area contributed by atoms with Crippen LogP contribution < -0.4 is 22.3 Å². The summed E-state index contributed by atoms with van der Waals surface area (Å²) in [5.74, 6) is -0.386. The molecule has 0 aromatic carbocycles. The van der Waals surface area contributed by atoms with Crippen molar-refractivity contribution in [3.8, 4) is 0 Å². The number of hydrogen-bond acceptors (Lipinski definition) is 4. The van der Waals surface area contributed by atoms with Crippen LogP contribution in [0.15, 0.2) is 15.8 Å². The number of rotatable bonds is 5. The first-order chi connectivity index (χ1) is 8.86. The Morgan fingerprint density at radius 3 is 2.58 bits per heavy atom. The Morgan fingerprint density at radius 1 is 1.42 bits per heavy atom. The van der Waals surface area contributed by atoms with Gasteiger partial charge in [0.2, 0.25) is 5.91 Å². The summed E-state index contributed by atoms with van der Waals surface area (Å²) in [5.41, 5.74) is 4.39. The Morgan fingerprint density at radius 2 is 2.05 bits per heavy atom. The van der Waals surface area contributed by atoms with Crippen molar-refractivity contribution in [2.45, 2.75) is 46.3 Å². The van der Waals surface area contributed by atoms with Crippen molar-refractivity contribution < 1.29 is 4.79 Å². The lowest BCUT2D eigenvalue weighted by Crippen LogP contribution is -2.45. The molecule has 0 saturated heterocycles. The molecule has 7 heteroatoms.